The molecule has 9 heteroatoms. The lowest BCUT2D eigenvalue weighted by molar-refractivity contribution is 0.0785. The number of nitrogens with zero attached hydrogens (tertiary/aromatic N) is 3. The molecule has 0 saturated heterocycles. The van der Waals surface area contributed by atoms with Crippen LogP contribution in [0.25, 0.3) is 28.0 Å². The predicted molar refractivity (Wildman–Crippen MR) is 141 cm³/mol. The molecular weight excluding hydrogens is 492 g/mol. The molecule has 0 saturated carbocycles. The van der Waals surface area contributed by atoms with Crippen molar-refractivity contribution in [1.82, 2.24) is 14.7 Å². The van der Waals surface area contributed by atoms with Crippen molar-refractivity contribution in [2.75, 3.05) is 0 Å². The van der Waals surface area contributed by atoms with E-state index in [2.05, 4.69) is 10.1 Å². The molecule has 5 aromatic rings. The average Bonchev–Trinajstić information content (AvgIpc) is 3.29. The Morgan fingerprint density at radius 1 is 1.00 bits per heavy atom. The minimum atomic E-state index is -1.19. The van der Waals surface area contributed by atoms with Crippen LogP contribution in [-0.4, -0.2) is 19.8 Å². The van der Waals surface area contributed by atoms with Gasteiger partial charge in [0.25, 0.3) is 0 Å². The Labute approximate surface area is 217 Å². The van der Waals surface area contributed by atoms with E-state index in [-0.39, 0.29) is 24.4 Å². The monoisotopic (exact) mass is 519 g/mol. The van der Waals surface area contributed by atoms with Crippen molar-refractivity contribution in [1.29, 1.82) is 0 Å². The molecule has 0 radical (unpaired) electrons. The number of aromatic nitrogens is 3. The molecule has 0 atom stereocenters. The van der Waals surface area contributed by atoms with Gasteiger partial charge < -0.3 is 18.9 Å². The van der Waals surface area contributed by atoms with Crippen LogP contribution in [-0.2, 0) is 5.60 Å². The van der Waals surface area contributed by atoms with Gasteiger partial charge >= 0.3 is 0 Å². The molecule has 38 heavy (non-hydrogen) atoms. The van der Waals surface area contributed by atoms with E-state index in [1.165, 1.54) is 6.07 Å². The lowest BCUT2D eigenvalue weighted by Crippen LogP contribution is -2.17. The van der Waals surface area contributed by atoms with Crippen molar-refractivity contribution in [3.05, 3.63) is 99.7 Å². The maximum atomic E-state index is 14.4. The van der Waals surface area contributed by atoms with Gasteiger partial charge in [-0.3, -0.25) is 4.79 Å². The fourth-order valence-electron chi connectivity index (χ4n) is 4.07. The summed E-state index contributed by atoms with van der Waals surface area (Å²) in [6.45, 7) is 6.64. The standard InChI is InChI=1S/C28H23F2N3O4.CH4/c1-15-14-33(22-8-5-17(11-20(22)26(15)34)27-31-16(2)37-32-27)23-12-18(28(3,4)35)6-9-25(23)36-24-10-7-19(29)13-21(24)30;/h5-14,35H,1-4H3;1H4. The van der Waals surface area contributed by atoms with E-state index in [0.717, 1.165) is 12.1 Å². The maximum absolute atomic E-state index is 14.4. The first-order valence-corrected chi connectivity index (χ1v) is 11.5. The quantitative estimate of drug-likeness (QED) is 0.282. The van der Waals surface area contributed by atoms with Crippen LogP contribution in [0.5, 0.6) is 11.5 Å². The summed E-state index contributed by atoms with van der Waals surface area (Å²) in [5, 5.41) is 15.0. The minimum absolute atomic E-state index is 0. The number of aliphatic hydroxyl groups is 1. The van der Waals surface area contributed by atoms with Crippen LogP contribution in [0.1, 0.15) is 38.3 Å². The summed E-state index contributed by atoms with van der Waals surface area (Å²) in [6, 6.07) is 13.2. The summed E-state index contributed by atoms with van der Waals surface area (Å²) in [6.07, 6.45) is 1.65. The Kier molecular flexibility index (Phi) is 6.90. The summed E-state index contributed by atoms with van der Waals surface area (Å²) >= 11 is 0. The van der Waals surface area contributed by atoms with Crippen molar-refractivity contribution < 1.29 is 23.1 Å². The number of fused-ring (bicyclic) bond motifs is 1. The molecule has 0 aliphatic heterocycles. The second-order valence-corrected chi connectivity index (χ2v) is 9.30. The van der Waals surface area contributed by atoms with Crippen molar-refractivity contribution in [2.24, 2.45) is 0 Å². The van der Waals surface area contributed by atoms with Gasteiger partial charge in [0.05, 0.1) is 16.8 Å². The van der Waals surface area contributed by atoms with Crippen LogP contribution in [0.4, 0.5) is 8.78 Å². The summed E-state index contributed by atoms with van der Waals surface area (Å²) in [5.74, 6) is -0.770. The molecule has 0 aliphatic rings. The van der Waals surface area contributed by atoms with Crippen molar-refractivity contribution >= 4 is 10.9 Å². The molecule has 2 aromatic heterocycles. The molecule has 196 valence electrons. The Morgan fingerprint density at radius 3 is 2.39 bits per heavy atom. The average molecular weight is 520 g/mol. The first-order chi connectivity index (χ1) is 17.5. The highest BCUT2D eigenvalue weighted by Gasteiger charge is 2.21. The van der Waals surface area contributed by atoms with Crippen LogP contribution in [0.2, 0.25) is 0 Å². The third-order valence-electron chi connectivity index (χ3n) is 6.01. The lowest BCUT2D eigenvalue weighted by atomic mass is 9.97. The SMILES string of the molecule is C.Cc1nc(-c2ccc3c(c2)c(=O)c(C)cn3-c2cc(C(C)(C)O)ccc2Oc2ccc(F)cc2F)no1. The smallest absolute Gasteiger partial charge is 0.223 e. The molecule has 0 spiro atoms. The fraction of sp³-hybridized carbons (Fsp3) is 0.207. The van der Waals surface area contributed by atoms with Gasteiger partial charge in [-0.05, 0) is 68.8 Å². The lowest BCUT2D eigenvalue weighted by Gasteiger charge is -2.22. The number of ether oxygens (including phenoxy) is 1. The molecule has 0 fully saturated rings. The molecule has 0 unspecified atom stereocenters. The van der Waals surface area contributed by atoms with Crippen LogP contribution < -0.4 is 10.2 Å². The first-order valence-electron chi connectivity index (χ1n) is 11.5. The highest BCUT2D eigenvalue weighted by Crippen LogP contribution is 2.35. The third kappa shape index (κ3) is 4.92. The van der Waals surface area contributed by atoms with Gasteiger partial charge in [-0.2, -0.15) is 4.98 Å². The fourth-order valence-corrected chi connectivity index (χ4v) is 4.07. The van der Waals surface area contributed by atoms with E-state index in [9.17, 15) is 18.7 Å². The second-order valence-electron chi connectivity index (χ2n) is 9.30. The zero-order valence-corrected chi connectivity index (χ0v) is 20.5. The second kappa shape index (κ2) is 9.83. The number of pyridine rings is 1. The van der Waals surface area contributed by atoms with Crippen LogP contribution in [0.3, 0.4) is 0 Å². The number of hydrogen-bond donors (Lipinski definition) is 1. The summed E-state index contributed by atoms with van der Waals surface area (Å²) < 4.78 is 40.6. The van der Waals surface area contributed by atoms with Crippen molar-refractivity contribution in [2.45, 2.75) is 40.7 Å². The van der Waals surface area contributed by atoms with Crippen molar-refractivity contribution in [3.8, 4) is 28.6 Å². The van der Waals surface area contributed by atoms with Gasteiger partial charge in [-0.25, -0.2) is 8.78 Å². The van der Waals surface area contributed by atoms with Gasteiger partial charge in [0.2, 0.25) is 11.7 Å². The number of benzene rings is 3. The normalized spacial score (nSPS) is 11.4. The summed E-state index contributed by atoms with van der Waals surface area (Å²) in [4.78, 5) is 17.4. The van der Waals surface area contributed by atoms with Crippen LogP contribution in [0, 0.1) is 25.5 Å². The Hall–Kier alpha value is -4.37. The van der Waals surface area contributed by atoms with E-state index in [1.807, 2.05) is 0 Å². The molecule has 0 amide bonds. The van der Waals surface area contributed by atoms with Crippen LogP contribution in [0.15, 0.2) is 70.1 Å². The summed E-state index contributed by atoms with van der Waals surface area (Å²) in [7, 11) is 0. The molecular formula is C29H27F2N3O4. The molecule has 7 nitrogen and oxygen atoms in total. The topological polar surface area (TPSA) is 90.4 Å². The van der Waals surface area contributed by atoms with Gasteiger partial charge in [0, 0.05) is 35.7 Å². The molecule has 2 heterocycles. The zero-order chi connectivity index (χ0) is 26.5. The van der Waals surface area contributed by atoms with Crippen LogP contribution >= 0.6 is 0 Å². The number of hydrogen-bond acceptors (Lipinski definition) is 6. The predicted octanol–water partition coefficient (Wildman–Crippen LogP) is 6.59. The third-order valence-corrected chi connectivity index (χ3v) is 6.01. The van der Waals surface area contributed by atoms with E-state index < -0.39 is 17.2 Å². The number of halogens is 2. The van der Waals surface area contributed by atoms with Gasteiger partial charge in [0.15, 0.2) is 22.7 Å². The molecule has 0 aliphatic carbocycles. The largest absolute Gasteiger partial charge is 0.452 e. The first kappa shape index (κ1) is 26.7. The van der Waals surface area contributed by atoms with E-state index in [4.69, 9.17) is 9.26 Å². The Morgan fingerprint density at radius 2 is 1.74 bits per heavy atom. The van der Waals surface area contributed by atoms with Crippen molar-refractivity contribution in [3.63, 3.8) is 0 Å². The highest BCUT2D eigenvalue weighted by molar-refractivity contribution is 5.86. The summed E-state index contributed by atoms with van der Waals surface area (Å²) in [5.41, 5.74) is 1.23. The number of aryl methyl sites for hydroxylation is 2. The minimum Gasteiger partial charge on any atom is -0.452 e. The molecule has 3 aromatic carbocycles. The van der Waals surface area contributed by atoms with Gasteiger partial charge in [-0.1, -0.05) is 18.6 Å². The zero-order valence-electron chi connectivity index (χ0n) is 20.5. The van der Waals surface area contributed by atoms with E-state index >= 15 is 0 Å². The van der Waals surface area contributed by atoms with E-state index in [0.29, 0.717) is 45.0 Å². The Balaban J connectivity index is 0.00000336. The molecule has 1 N–H and O–H groups in total. The van der Waals surface area contributed by atoms with E-state index in [1.54, 1.807) is 74.9 Å². The molecule has 0 bridgehead atoms. The highest BCUT2D eigenvalue weighted by atomic mass is 19.1. The maximum Gasteiger partial charge on any atom is 0.223 e. The Bertz CT molecular complexity index is 1720. The van der Waals surface area contributed by atoms with Gasteiger partial charge in [0.1, 0.15) is 5.82 Å². The van der Waals surface area contributed by atoms with Gasteiger partial charge in [-0.15, -0.1) is 0 Å². The molecule has 5 rings (SSSR count). The number of rotatable bonds is 5.